The number of benzene rings is 3. The lowest BCUT2D eigenvalue weighted by atomic mass is 10.0. The maximum Gasteiger partial charge on any atom is 0.387 e. The predicted octanol–water partition coefficient (Wildman–Crippen LogP) is 5.06. The fraction of sp³-hybridized carbons (Fsp3) is 0.167. The molecule has 0 heterocycles. The van der Waals surface area contributed by atoms with Crippen LogP contribution in [0.2, 0.25) is 0 Å². The molecule has 6 nitrogen and oxygen atoms in total. The molecule has 1 atom stereocenters. The van der Waals surface area contributed by atoms with Gasteiger partial charge in [0.05, 0.1) is 6.04 Å². The van der Waals surface area contributed by atoms with Crippen LogP contribution in [0.25, 0.3) is 0 Å². The van der Waals surface area contributed by atoms with Crippen molar-refractivity contribution in [1.29, 1.82) is 0 Å². The second-order valence-electron chi connectivity index (χ2n) is 6.87. The van der Waals surface area contributed by atoms with E-state index in [-0.39, 0.29) is 11.7 Å². The van der Waals surface area contributed by atoms with Crippen molar-refractivity contribution in [2.24, 2.45) is 5.73 Å². The van der Waals surface area contributed by atoms with Gasteiger partial charge in [0.15, 0.2) is 0 Å². The van der Waals surface area contributed by atoms with Gasteiger partial charge in [-0.25, -0.2) is 0 Å². The first-order valence-electron chi connectivity index (χ1n) is 9.89. The molecule has 3 aromatic carbocycles. The molecule has 0 fully saturated rings. The summed E-state index contributed by atoms with van der Waals surface area (Å²) in [5.74, 6) is 0.146. The van der Waals surface area contributed by atoms with Crippen LogP contribution < -0.4 is 20.5 Å². The van der Waals surface area contributed by atoms with E-state index in [1.807, 2.05) is 6.92 Å². The van der Waals surface area contributed by atoms with E-state index in [0.717, 1.165) is 0 Å². The summed E-state index contributed by atoms with van der Waals surface area (Å²) in [7, 11) is 0. The minimum absolute atomic E-state index is 0.0285. The number of rotatable bonds is 9. The molecule has 0 spiro atoms. The molecule has 166 valence electrons. The van der Waals surface area contributed by atoms with Gasteiger partial charge in [-0.2, -0.15) is 8.78 Å². The van der Waals surface area contributed by atoms with E-state index in [4.69, 9.17) is 10.5 Å². The average molecular weight is 440 g/mol. The molecule has 2 amide bonds. The van der Waals surface area contributed by atoms with Crippen LogP contribution >= 0.6 is 0 Å². The predicted molar refractivity (Wildman–Crippen MR) is 115 cm³/mol. The summed E-state index contributed by atoms with van der Waals surface area (Å²) in [5, 5.41) is 2.85. The zero-order chi connectivity index (χ0) is 23.1. The highest BCUT2D eigenvalue weighted by Gasteiger charge is 2.19. The zero-order valence-corrected chi connectivity index (χ0v) is 17.3. The summed E-state index contributed by atoms with van der Waals surface area (Å²) in [6.45, 7) is -1.12. The number of nitrogens with one attached hydrogen (secondary N) is 1. The number of primary amides is 1. The monoisotopic (exact) mass is 440 g/mol. The van der Waals surface area contributed by atoms with Gasteiger partial charge in [0.25, 0.3) is 5.91 Å². The van der Waals surface area contributed by atoms with Crippen molar-refractivity contribution in [1.82, 2.24) is 5.32 Å². The maximum atomic E-state index is 12.7. The van der Waals surface area contributed by atoms with Crippen LogP contribution in [0.3, 0.4) is 0 Å². The van der Waals surface area contributed by atoms with Gasteiger partial charge < -0.3 is 20.5 Å². The molecule has 0 bridgehead atoms. The number of carbonyl (C=O) groups excluding carboxylic acids is 2. The van der Waals surface area contributed by atoms with Crippen LogP contribution in [0.5, 0.6) is 17.2 Å². The molecule has 3 aromatic rings. The highest BCUT2D eigenvalue weighted by molar-refractivity contribution is 5.94. The van der Waals surface area contributed by atoms with Gasteiger partial charge in [0.2, 0.25) is 5.91 Å². The third kappa shape index (κ3) is 5.81. The summed E-state index contributed by atoms with van der Waals surface area (Å²) in [5.41, 5.74) is 6.44. The van der Waals surface area contributed by atoms with E-state index < -0.39 is 18.6 Å². The standard InChI is InChI=1S/C24H22F2N2O4/c1-2-20(19-5-3-4-6-21(19)32-24(25)26)28-23(30)16-9-13-18(14-10-16)31-17-11-7-15(8-12-17)22(27)29/h3-14,20,24H,2H2,1H3,(H2,27,29)(H,28,30). The lowest BCUT2D eigenvalue weighted by Gasteiger charge is -2.20. The molecule has 3 rings (SSSR count). The molecule has 0 saturated carbocycles. The van der Waals surface area contributed by atoms with Gasteiger partial charge in [-0.3, -0.25) is 9.59 Å². The van der Waals surface area contributed by atoms with E-state index in [1.165, 1.54) is 6.07 Å². The molecule has 0 aliphatic carbocycles. The summed E-state index contributed by atoms with van der Waals surface area (Å²) in [4.78, 5) is 23.8. The van der Waals surface area contributed by atoms with Crippen molar-refractivity contribution < 1.29 is 27.8 Å². The minimum atomic E-state index is -2.95. The second-order valence-corrected chi connectivity index (χ2v) is 6.87. The summed E-state index contributed by atoms with van der Waals surface area (Å²) < 4.78 is 35.7. The summed E-state index contributed by atoms with van der Waals surface area (Å²) in [6, 6.07) is 18.7. The fourth-order valence-corrected chi connectivity index (χ4v) is 3.11. The van der Waals surface area contributed by atoms with Crippen LogP contribution in [0.15, 0.2) is 72.8 Å². The SMILES string of the molecule is CCC(NC(=O)c1ccc(Oc2ccc(C(N)=O)cc2)cc1)c1ccccc1OC(F)F. The molecule has 32 heavy (non-hydrogen) atoms. The molecule has 8 heteroatoms. The van der Waals surface area contributed by atoms with Crippen molar-refractivity contribution in [3.63, 3.8) is 0 Å². The van der Waals surface area contributed by atoms with E-state index in [1.54, 1.807) is 66.7 Å². The number of nitrogens with two attached hydrogens (primary N) is 1. The molecule has 0 aliphatic rings. The van der Waals surface area contributed by atoms with Gasteiger partial charge in [-0.05, 0) is 61.0 Å². The maximum absolute atomic E-state index is 12.7. The number of halogens is 2. The highest BCUT2D eigenvalue weighted by atomic mass is 19.3. The Bertz CT molecular complexity index is 1070. The van der Waals surface area contributed by atoms with Crippen LogP contribution in [0, 0.1) is 0 Å². The van der Waals surface area contributed by atoms with Crippen LogP contribution in [0.1, 0.15) is 45.7 Å². The lowest BCUT2D eigenvalue weighted by molar-refractivity contribution is -0.0507. The van der Waals surface area contributed by atoms with Crippen LogP contribution in [-0.4, -0.2) is 18.4 Å². The Kier molecular flexibility index (Phi) is 7.38. The van der Waals surface area contributed by atoms with Crippen molar-refractivity contribution >= 4 is 11.8 Å². The van der Waals surface area contributed by atoms with E-state index in [9.17, 15) is 18.4 Å². The number of hydrogen-bond acceptors (Lipinski definition) is 4. The number of ether oxygens (including phenoxy) is 2. The number of amides is 2. The largest absolute Gasteiger partial charge is 0.457 e. The zero-order valence-electron chi connectivity index (χ0n) is 17.3. The normalized spacial score (nSPS) is 11.6. The molecule has 0 aromatic heterocycles. The number of alkyl halides is 2. The molecule has 1 unspecified atom stereocenters. The first-order chi connectivity index (χ1) is 15.4. The highest BCUT2D eigenvalue weighted by Crippen LogP contribution is 2.29. The molecular weight excluding hydrogens is 418 g/mol. The third-order valence-corrected chi connectivity index (χ3v) is 4.72. The topological polar surface area (TPSA) is 90.6 Å². The number of para-hydroxylation sites is 1. The molecule has 0 radical (unpaired) electrons. The van der Waals surface area contributed by atoms with E-state index >= 15 is 0 Å². The van der Waals surface area contributed by atoms with Crippen molar-refractivity contribution in [2.45, 2.75) is 26.0 Å². The Morgan fingerprint density at radius 3 is 2.00 bits per heavy atom. The summed E-state index contributed by atoms with van der Waals surface area (Å²) >= 11 is 0. The molecule has 3 N–H and O–H groups in total. The first kappa shape index (κ1) is 22.7. The number of carbonyl (C=O) groups is 2. The Balaban J connectivity index is 1.68. The second kappa shape index (κ2) is 10.4. The fourth-order valence-electron chi connectivity index (χ4n) is 3.11. The van der Waals surface area contributed by atoms with Crippen LogP contribution in [-0.2, 0) is 0 Å². The summed E-state index contributed by atoms with van der Waals surface area (Å²) in [6.07, 6.45) is 0.484. The molecule has 0 saturated heterocycles. The lowest BCUT2D eigenvalue weighted by Crippen LogP contribution is -2.28. The Morgan fingerprint density at radius 2 is 1.47 bits per heavy atom. The van der Waals surface area contributed by atoms with Gasteiger partial charge in [0.1, 0.15) is 17.2 Å². The van der Waals surface area contributed by atoms with Gasteiger partial charge >= 0.3 is 6.61 Å². The van der Waals surface area contributed by atoms with Gasteiger partial charge in [-0.15, -0.1) is 0 Å². The Labute approximate surface area is 184 Å². The smallest absolute Gasteiger partial charge is 0.387 e. The van der Waals surface area contributed by atoms with E-state index in [2.05, 4.69) is 10.1 Å². The Hall–Kier alpha value is -3.94. The third-order valence-electron chi connectivity index (χ3n) is 4.72. The number of hydrogen-bond donors (Lipinski definition) is 2. The molecular formula is C24H22F2N2O4. The molecule has 0 aliphatic heterocycles. The Morgan fingerprint density at radius 1 is 0.906 bits per heavy atom. The van der Waals surface area contributed by atoms with Gasteiger partial charge in [0, 0.05) is 16.7 Å². The average Bonchev–Trinajstić information content (AvgIpc) is 2.78. The van der Waals surface area contributed by atoms with Crippen molar-refractivity contribution in [2.75, 3.05) is 0 Å². The van der Waals surface area contributed by atoms with E-state index in [0.29, 0.717) is 34.6 Å². The van der Waals surface area contributed by atoms with Gasteiger partial charge in [-0.1, -0.05) is 25.1 Å². The van der Waals surface area contributed by atoms with Crippen molar-refractivity contribution in [3.05, 3.63) is 89.5 Å². The minimum Gasteiger partial charge on any atom is -0.457 e. The van der Waals surface area contributed by atoms with Crippen molar-refractivity contribution in [3.8, 4) is 17.2 Å². The quantitative estimate of drug-likeness (QED) is 0.487. The van der Waals surface area contributed by atoms with Crippen LogP contribution in [0.4, 0.5) is 8.78 Å². The first-order valence-corrected chi connectivity index (χ1v) is 9.89.